The maximum Gasteiger partial charge on any atom is 0.317 e. The summed E-state index contributed by atoms with van der Waals surface area (Å²) in [5, 5.41) is 6.26. The summed E-state index contributed by atoms with van der Waals surface area (Å²) in [5.74, 6) is 0.0469. The number of nitrogens with one attached hydrogen (secondary N) is 2. The Labute approximate surface area is 214 Å². The van der Waals surface area contributed by atoms with Crippen molar-refractivity contribution in [2.75, 3.05) is 19.6 Å². The highest BCUT2D eigenvalue weighted by Gasteiger charge is 2.35. The van der Waals surface area contributed by atoms with Gasteiger partial charge in [-0.15, -0.1) is 0 Å². The van der Waals surface area contributed by atoms with Crippen molar-refractivity contribution in [2.24, 2.45) is 5.92 Å². The third-order valence-electron chi connectivity index (χ3n) is 7.94. The fraction of sp³-hybridized carbons (Fsp3) is 0.893. The van der Waals surface area contributed by atoms with E-state index in [4.69, 9.17) is 0 Å². The molecule has 0 spiro atoms. The summed E-state index contributed by atoms with van der Waals surface area (Å²) in [6.45, 7) is 9.88. The van der Waals surface area contributed by atoms with Gasteiger partial charge in [-0.1, -0.05) is 85.0 Å². The van der Waals surface area contributed by atoms with Crippen LogP contribution in [0.5, 0.6) is 0 Å². The van der Waals surface area contributed by atoms with Crippen molar-refractivity contribution < 1.29 is 14.4 Å². The molecule has 0 aromatic heterocycles. The van der Waals surface area contributed by atoms with Crippen LogP contribution in [0.15, 0.2) is 0 Å². The van der Waals surface area contributed by atoms with Gasteiger partial charge in [0.25, 0.3) is 0 Å². The van der Waals surface area contributed by atoms with Crippen molar-refractivity contribution in [3.8, 4) is 0 Å². The van der Waals surface area contributed by atoms with E-state index in [1.807, 2.05) is 23.6 Å². The molecule has 202 valence electrons. The summed E-state index contributed by atoms with van der Waals surface area (Å²) in [7, 11) is 0. The molecular weight excluding hydrogens is 440 g/mol. The van der Waals surface area contributed by atoms with Crippen LogP contribution >= 0.6 is 0 Å². The van der Waals surface area contributed by atoms with Gasteiger partial charge in [0.05, 0.1) is 0 Å². The van der Waals surface area contributed by atoms with Gasteiger partial charge in [-0.2, -0.15) is 0 Å². The maximum atomic E-state index is 13.4. The summed E-state index contributed by atoms with van der Waals surface area (Å²) in [5.41, 5.74) is 0. The minimum Gasteiger partial charge on any atom is -0.344 e. The van der Waals surface area contributed by atoms with Gasteiger partial charge in [0.1, 0.15) is 6.04 Å². The zero-order chi connectivity index (χ0) is 25.6. The van der Waals surface area contributed by atoms with Crippen LogP contribution in [-0.4, -0.2) is 65.4 Å². The van der Waals surface area contributed by atoms with Crippen molar-refractivity contribution in [3.63, 3.8) is 0 Å². The van der Waals surface area contributed by atoms with Gasteiger partial charge >= 0.3 is 6.03 Å². The highest BCUT2D eigenvalue weighted by atomic mass is 16.2. The molecule has 3 atom stereocenters. The van der Waals surface area contributed by atoms with Gasteiger partial charge in [-0.3, -0.25) is 9.59 Å². The van der Waals surface area contributed by atoms with Gasteiger partial charge in [0.15, 0.2) is 0 Å². The lowest BCUT2D eigenvalue weighted by atomic mass is 9.95. The van der Waals surface area contributed by atoms with Crippen LogP contribution in [0.2, 0.25) is 0 Å². The number of nitrogens with zero attached hydrogens (tertiary/aromatic N) is 2. The molecule has 1 aliphatic carbocycles. The molecule has 0 aromatic rings. The standard InChI is InChI=1S/C28H52N4O3/c1-5-7-8-9-10-11-15-18-25(33)30-26(22(3)6-2)27(34)31-19-20-32(23(4)21-31)28(35)29-24-16-13-12-14-17-24/h22-24,26H,5-21H2,1-4H3,(H,29,35)(H,30,33). The largest absolute Gasteiger partial charge is 0.344 e. The van der Waals surface area contributed by atoms with E-state index in [9.17, 15) is 14.4 Å². The van der Waals surface area contributed by atoms with E-state index in [-0.39, 0.29) is 35.8 Å². The Morgan fingerprint density at radius 3 is 2.20 bits per heavy atom. The lowest BCUT2D eigenvalue weighted by Gasteiger charge is -2.42. The molecule has 0 radical (unpaired) electrons. The van der Waals surface area contributed by atoms with Crippen LogP contribution in [0, 0.1) is 5.92 Å². The summed E-state index contributed by atoms with van der Waals surface area (Å²) in [6, 6.07) is -0.258. The Kier molecular flexibility index (Phi) is 13.5. The van der Waals surface area contributed by atoms with E-state index in [1.165, 1.54) is 51.4 Å². The number of piperazine rings is 1. The molecule has 35 heavy (non-hydrogen) atoms. The van der Waals surface area contributed by atoms with Crippen molar-refractivity contribution in [1.29, 1.82) is 0 Å². The number of urea groups is 1. The topological polar surface area (TPSA) is 81.8 Å². The summed E-state index contributed by atoms with van der Waals surface area (Å²) >= 11 is 0. The van der Waals surface area contributed by atoms with E-state index in [2.05, 4.69) is 24.5 Å². The van der Waals surface area contributed by atoms with Crippen LogP contribution < -0.4 is 10.6 Å². The SMILES string of the molecule is CCCCCCCCCC(=O)NC(C(=O)N1CCN(C(=O)NC2CCCCC2)C(C)C1)C(C)CC. The summed E-state index contributed by atoms with van der Waals surface area (Å²) in [4.78, 5) is 42.6. The van der Waals surface area contributed by atoms with Gasteiger partial charge in [0.2, 0.25) is 11.8 Å². The number of hydrogen-bond donors (Lipinski definition) is 2. The number of carbonyl (C=O) groups is 3. The van der Waals surface area contributed by atoms with Gasteiger partial charge in [0, 0.05) is 38.1 Å². The molecule has 4 amide bonds. The first-order chi connectivity index (χ1) is 16.9. The normalized spacial score (nSPS) is 20.9. The van der Waals surface area contributed by atoms with Gasteiger partial charge < -0.3 is 20.4 Å². The average Bonchev–Trinajstić information content (AvgIpc) is 2.86. The Balaban J connectivity index is 1.81. The lowest BCUT2D eigenvalue weighted by Crippen LogP contribution is -2.61. The van der Waals surface area contributed by atoms with E-state index in [0.717, 1.165) is 32.1 Å². The van der Waals surface area contributed by atoms with E-state index < -0.39 is 6.04 Å². The smallest absolute Gasteiger partial charge is 0.317 e. The zero-order valence-corrected chi connectivity index (χ0v) is 22.9. The molecule has 1 saturated carbocycles. The lowest BCUT2D eigenvalue weighted by molar-refractivity contribution is -0.140. The monoisotopic (exact) mass is 492 g/mol. The van der Waals surface area contributed by atoms with Crippen LogP contribution in [0.4, 0.5) is 4.79 Å². The fourth-order valence-corrected chi connectivity index (χ4v) is 5.33. The molecule has 7 heteroatoms. The molecule has 0 aromatic carbocycles. The van der Waals surface area contributed by atoms with Crippen molar-refractivity contribution in [3.05, 3.63) is 0 Å². The number of carbonyl (C=O) groups excluding carboxylic acids is 3. The molecule has 1 aliphatic heterocycles. The third kappa shape index (κ3) is 10.0. The Morgan fingerprint density at radius 2 is 1.57 bits per heavy atom. The number of unbranched alkanes of at least 4 members (excludes halogenated alkanes) is 6. The van der Waals surface area contributed by atoms with Crippen LogP contribution in [-0.2, 0) is 9.59 Å². The molecular formula is C28H52N4O3. The van der Waals surface area contributed by atoms with Crippen LogP contribution in [0.3, 0.4) is 0 Å². The minimum atomic E-state index is -0.494. The highest BCUT2D eigenvalue weighted by molar-refractivity contribution is 5.88. The molecule has 2 rings (SSSR count). The minimum absolute atomic E-state index is 0.00188. The number of amides is 4. The molecule has 1 heterocycles. The Hall–Kier alpha value is -1.79. The van der Waals surface area contributed by atoms with Crippen molar-refractivity contribution in [2.45, 2.75) is 136 Å². The second-order valence-electron chi connectivity index (χ2n) is 10.9. The number of rotatable bonds is 13. The first-order valence-electron chi connectivity index (χ1n) is 14.5. The van der Waals surface area contributed by atoms with Crippen molar-refractivity contribution >= 4 is 17.8 Å². The van der Waals surface area contributed by atoms with E-state index >= 15 is 0 Å². The molecule has 2 N–H and O–H groups in total. The Bertz CT molecular complexity index is 650. The van der Waals surface area contributed by atoms with E-state index in [0.29, 0.717) is 26.1 Å². The highest BCUT2D eigenvalue weighted by Crippen LogP contribution is 2.20. The second kappa shape index (κ2) is 16.1. The molecule has 1 saturated heterocycles. The predicted octanol–water partition coefficient (Wildman–Crippen LogP) is 5.23. The maximum absolute atomic E-state index is 13.4. The van der Waals surface area contributed by atoms with E-state index in [1.54, 1.807) is 0 Å². The average molecular weight is 493 g/mol. The molecule has 2 fully saturated rings. The molecule has 3 unspecified atom stereocenters. The fourth-order valence-electron chi connectivity index (χ4n) is 5.33. The van der Waals surface area contributed by atoms with Crippen LogP contribution in [0.1, 0.15) is 118 Å². The first kappa shape index (κ1) is 29.4. The second-order valence-corrected chi connectivity index (χ2v) is 10.9. The van der Waals surface area contributed by atoms with Crippen LogP contribution in [0.25, 0.3) is 0 Å². The van der Waals surface area contributed by atoms with Gasteiger partial charge in [-0.05, 0) is 32.1 Å². The summed E-state index contributed by atoms with van der Waals surface area (Å²) < 4.78 is 0. The first-order valence-corrected chi connectivity index (χ1v) is 14.5. The zero-order valence-electron chi connectivity index (χ0n) is 22.9. The predicted molar refractivity (Wildman–Crippen MR) is 142 cm³/mol. The van der Waals surface area contributed by atoms with Gasteiger partial charge in [-0.25, -0.2) is 4.79 Å². The molecule has 7 nitrogen and oxygen atoms in total. The summed E-state index contributed by atoms with van der Waals surface area (Å²) in [6.07, 6.45) is 15.3. The Morgan fingerprint density at radius 1 is 0.914 bits per heavy atom. The quantitative estimate of drug-likeness (QED) is 0.345. The molecule has 0 bridgehead atoms. The number of hydrogen-bond acceptors (Lipinski definition) is 3. The third-order valence-corrected chi connectivity index (χ3v) is 7.94. The molecule has 2 aliphatic rings. The van der Waals surface area contributed by atoms with Crippen molar-refractivity contribution in [1.82, 2.24) is 20.4 Å².